The standard InChI is InChI=1S/C23H23ClN4O2/c1-28-20-16(19(22(29)30)21(28)23(10-25)11-26-12-23)6-5-14-9-27-18(8-17(14)20)13-3-2-4-15(24)7-13/h2-4,7-9,26H,5-6,10-12,25H2,1H3,(H,29,30). The predicted molar refractivity (Wildman–Crippen MR) is 117 cm³/mol. The number of rotatable bonds is 4. The molecule has 0 unspecified atom stereocenters. The number of hydrogen-bond donors (Lipinski definition) is 3. The number of carbonyl (C=O) groups is 1. The Labute approximate surface area is 179 Å². The Morgan fingerprint density at radius 2 is 2.13 bits per heavy atom. The van der Waals surface area contributed by atoms with Gasteiger partial charge in [0, 0.05) is 60.1 Å². The molecule has 2 aliphatic rings. The second-order valence-electron chi connectivity index (χ2n) is 8.24. The highest BCUT2D eigenvalue weighted by molar-refractivity contribution is 6.30. The maximum atomic E-state index is 12.3. The Balaban J connectivity index is 1.74. The number of halogens is 1. The minimum absolute atomic E-state index is 0.344. The zero-order valence-corrected chi connectivity index (χ0v) is 17.5. The van der Waals surface area contributed by atoms with Crippen LogP contribution in [0.2, 0.25) is 5.02 Å². The lowest BCUT2D eigenvalue weighted by Crippen LogP contribution is -2.62. The van der Waals surface area contributed by atoms with E-state index in [2.05, 4.69) is 20.9 Å². The van der Waals surface area contributed by atoms with E-state index in [0.717, 1.165) is 45.8 Å². The largest absolute Gasteiger partial charge is 0.478 e. The Morgan fingerprint density at radius 3 is 2.77 bits per heavy atom. The Morgan fingerprint density at radius 1 is 1.33 bits per heavy atom. The van der Waals surface area contributed by atoms with Gasteiger partial charge in [-0.3, -0.25) is 4.98 Å². The smallest absolute Gasteiger partial charge is 0.337 e. The summed E-state index contributed by atoms with van der Waals surface area (Å²) in [5.41, 5.74) is 12.8. The van der Waals surface area contributed by atoms with Crippen molar-refractivity contribution in [3.8, 4) is 22.5 Å². The van der Waals surface area contributed by atoms with Crippen LogP contribution in [0.1, 0.15) is 27.2 Å². The zero-order valence-electron chi connectivity index (χ0n) is 16.7. The molecule has 1 aliphatic carbocycles. The maximum absolute atomic E-state index is 12.3. The zero-order chi connectivity index (χ0) is 21.0. The minimum Gasteiger partial charge on any atom is -0.478 e. The van der Waals surface area contributed by atoms with Gasteiger partial charge >= 0.3 is 5.97 Å². The fourth-order valence-corrected chi connectivity index (χ4v) is 5.18. The molecule has 154 valence electrons. The molecule has 0 spiro atoms. The van der Waals surface area contributed by atoms with Gasteiger partial charge < -0.3 is 20.7 Å². The first-order chi connectivity index (χ1) is 14.4. The van der Waals surface area contributed by atoms with Crippen LogP contribution in [-0.2, 0) is 25.3 Å². The minimum atomic E-state index is -0.880. The van der Waals surface area contributed by atoms with E-state index in [-0.39, 0.29) is 5.41 Å². The van der Waals surface area contributed by atoms with Crippen molar-refractivity contribution >= 4 is 17.6 Å². The SMILES string of the molecule is Cn1c2c(c(C(=O)O)c1C1(CN)CNC1)CCc1cnc(-c3cccc(Cl)c3)cc1-2. The van der Waals surface area contributed by atoms with E-state index >= 15 is 0 Å². The van der Waals surface area contributed by atoms with E-state index in [9.17, 15) is 9.90 Å². The van der Waals surface area contributed by atoms with Gasteiger partial charge in [-0.1, -0.05) is 23.7 Å². The van der Waals surface area contributed by atoms with Gasteiger partial charge in [-0.15, -0.1) is 0 Å². The second-order valence-corrected chi connectivity index (χ2v) is 8.68. The second kappa shape index (κ2) is 6.94. The first kappa shape index (κ1) is 19.3. The number of aryl methyl sites for hydroxylation is 1. The highest BCUT2D eigenvalue weighted by atomic mass is 35.5. The number of nitrogens with one attached hydrogen (secondary N) is 1. The monoisotopic (exact) mass is 422 g/mol. The van der Waals surface area contributed by atoms with Crippen molar-refractivity contribution in [3.05, 3.63) is 63.9 Å². The predicted octanol–water partition coefficient (Wildman–Crippen LogP) is 3.00. The third-order valence-corrected chi connectivity index (χ3v) is 6.77. The average Bonchev–Trinajstić information content (AvgIpc) is 3.01. The molecule has 0 radical (unpaired) electrons. The van der Waals surface area contributed by atoms with Gasteiger partial charge in [0.2, 0.25) is 0 Å². The van der Waals surface area contributed by atoms with E-state index in [4.69, 9.17) is 17.3 Å². The summed E-state index contributed by atoms with van der Waals surface area (Å²) in [5.74, 6) is -0.880. The van der Waals surface area contributed by atoms with Gasteiger partial charge in [0.25, 0.3) is 0 Å². The van der Waals surface area contributed by atoms with Gasteiger partial charge in [-0.25, -0.2) is 4.79 Å². The quantitative estimate of drug-likeness (QED) is 0.601. The van der Waals surface area contributed by atoms with Crippen LogP contribution in [0.3, 0.4) is 0 Å². The number of nitrogens with two attached hydrogens (primary N) is 1. The summed E-state index contributed by atoms with van der Waals surface area (Å²) >= 11 is 6.18. The molecule has 1 saturated heterocycles. The van der Waals surface area contributed by atoms with E-state index in [1.807, 2.05) is 37.5 Å². The molecule has 0 saturated carbocycles. The maximum Gasteiger partial charge on any atom is 0.337 e. The molecule has 30 heavy (non-hydrogen) atoms. The normalized spacial score (nSPS) is 16.5. The lowest BCUT2D eigenvalue weighted by atomic mass is 9.76. The highest BCUT2D eigenvalue weighted by Gasteiger charge is 2.45. The molecule has 0 amide bonds. The molecule has 2 aromatic heterocycles. The van der Waals surface area contributed by atoms with Crippen molar-refractivity contribution in [2.45, 2.75) is 18.3 Å². The van der Waals surface area contributed by atoms with Crippen LogP contribution in [-0.4, -0.2) is 40.3 Å². The molecular formula is C23H23ClN4O2. The summed E-state index contributed by atoms with van der Waals surface area (Å²) in [6.07, 6.45) is 3.36. The summed E-state index contributed by atoms with van der Waals surface area (Å²) in [7, 11) is 1.96. The third kappa shape index (κ3) is 2.71. The molecule has 0 bridgehead atoms. The number of aromatic carboxylic acids is 1. The van der Waals surface area contributed by atoms with Crippen LogP contribution in [0.15, 0.2) is 36.5 Å². The van der Waals surface area contributed by atoms with E-state index in [1.165, 1.54) is 0 Å². The Hall–Kier alpha value is -2.67. The number of carboxylic acid groups (broad SMARTS) is 1. The first-order valence-corrected chi connectivity index (χ1v) is 10.4. The molecule has 4 N–H and O–H groups in total. The van der Waals surface area contributed by atoms with Crippen molar-refractivity contribution < 1.29 is 9.90 Å². The molecular weight excluding hydrogens is 400 g/mol. The molecule has 1 aromatic carbocycles. The van der Waals surface area contributed by atoms with Gasteiger partial charge in [0.15, 0.2) is 0 Å². The topological polar surface area (TPSA) is 93.2 Å². The lowest BCUT2D eigenvalue weighted by molar-refractivity contribution is 0.0690. The van der Waals surface area contributed by atoms with Crippen LogP contribution in [0.25, 0.3) is 22.5 Å². The number of aromatic nitrogens is 2. The van der Waals surface area contributed by atoms with Gasteiger partial charge in [0.1, 0.15) is 0 Å². The summed E-state index contributed by atoms with van der Waals surface area (Å²) in [4.78, 5) is 17.0. The first-order valence-electron chi connectivity index (χ1n) is 10.1. The van der Waals surface area contributed by atoms with Gasteiger partial charge in [0.05, 0.1) is 17.0 Å². The molecule has 3 heterocycles. The summed E-state index contributed by atoms with van der Waals surface area (Å²) in [6, 6.07) is 9.67. The van der Waals surface area contributed by atoms with Crippen LogP contribution in [0.5, 0.6) is 0 Å². The van der Waals surface area contributed by atoms with Crippen molar-refractivity contribution in [1.82, 2.24) is 14.9 Å². The number of pyridine rings is 1. The number of nitrogens with zero attached hydrogens (tertiary/aromatic N) is 2. The molecule has 1 aliphatic heterocycles. The average molecular weight is 423 g/mol. The summed E-state index contributed by atoms with van der Waals surface area (Å²) in [5, 5.41) is 14.1. The summed E-state index contributed by atoms with van der Waals surface area (Å²) < 4.78 is 2.06. The fraction of sp³-hybridized carbons (Fsp3) is 0.304. The van der Waals surface area contributed by atoms with Gasteiger partial charge in [-0.05, 0) is 42.2 Å². The number of benzene rings is 1. The van der Waals surface area contributed by atoms with Crippen LogP contribution in [0.4, 0.5) is 0 Å². The summed E-state index contributed by atoms with van der Waals surface area (Å²) in [6.45, 7) is 1.79. The van der Waals surface area contributed by atoms with Gasteiger partial charge in [-0.2, -0.15) is 0 Å². The molecule has 7 heteroatoms. The van der Waals surface area contributed by atoms with Crippen molar-refractivity contribution in [3.63, 3.8) is 0 Å². The van der Waals surface area contributed by atoms with Crippen molar-refractivity contribution in [2.75, 3.05) is 19.6 Å². The molecule has 0 atom stereocenters. The van der Waals surface area contributed by atoms with E-state index in [1.54, 1.807) is 0 Å². The fourth-order valence-electron chi connectivity index (χ4n) is 4.99. The van der Waals surface area contributed by atoms with Crippen molar-refractivity contribution in [2.24, 2.45) is 12.8 Å². The van der Waals surface area contributed by atoms with E-state index in [0.29, 0.717) is 36.6 Å². The van der Waals surface area contributed by atoms with Crippen LogP contribution >= 0.6 is 11.6 Å². The molecule has 1 fully saturated rings. The van der Waals surface area contributed by atoms with Crippen LogP contribution < -0.4 is 11.1 Å². The number of fused-ring (bicyclic) bond motifs is 3. The molecule has 3 aromatic rings. The Bertz CT molecular complexity index is 1170. The van der Waals surface area contributed by atoms with Crippen LogP contribution in [0, 0.1) is 0 Å². The Kier molecular flexibility index (Phi) is 4.47. The number of carboxylic acids is 1. The van der Waals surface area contributed by atoms with Crippen molar-refractivity contribution in [1.29, 1.82) is 0 Å². The molecule has 5 rings (SSSR count). The van der Waals surface area contributed by atoms with E-state index < -0.39 is 5.97 Å². The number of hydrogen-bond acceptors (Lipinski definition) is 4. The third-order valence-electron chi connectivity index (χ3n) is 6.54. The molecule has 6 nitrogen and oxygen atoms in total. The highest BCUT2D eigenvalue weighted by Crippen LogP contribution is 2.43. The lowest BCUT2D eigenvalue weighted by Gasteiger charge is -2.42.